The lowest BCUT2D eigenvalue weighted by atomic mass is 9.90. The number of aromatic hydroxyl groups is 2. The SMILES string of the molecule is CCC(=C(c1ccc(O)cc1)c1ccc(OCCNC)cc1)c1ccc(O)cn1. The van der Waals surface area contributed by atoms with Gasteiger partial charge in [-0.15, -0.1) is 0 Å². The highest BCUT2D eigenvalue weighted by atomic mass is 16.5. The molecule has 0 spiro atoms. The van der Waals surface area contributed by atoms with Gasteiger partial charge in [0.1, 0.15) is 23.9 Å². The number of rotatable bonds is 8. The van der Waals surface area contributed by atoms with Crippen LogP contribution in [0.5, 0.6) is 17.2 Å². The number of phenolic OH excluding ortho intramolecular Hbond substituents is 1. The Balaban J connectivity index is 2.07. The molecule has 0 amide bonds. The fourth-order valence-corrected chi connectivity index (χ4v) is 3.18. The van der Waals surface area contributed by atoms with Crippen LogP contribution in [-0.2, 0) is 0 Å². The van der Waals surface area contributed by atoms with Gasteiger partial charge in [0.2, 0.25) is 0 Å². The first-order chi connectivity index (χ1) is 14.1. The van der Waals surface area contributed by atoms with Crippen LogP contribution in [0.2, 0.25) is 0 Å². The number of likely N-dealkylation sites (N-methyl/N-ethyl adjacent to an activating group) is 1. The summed E-state index contributed by atoms with van der Waals surface area (Å²) in [6.45, 7) is 3.47. The van der Waals surface area contributed by atoms with Crippen molar-refractivity contribution in [2.75, 3.05) is 20.2 Å². The zero-order valence-electron chi connectivity index (χ0n) is 16.7. The highest BCUT2D eigenvalue weighted by molar-refractivity contribution is 5.98. The lowest BCUT2D eigenvalue weighted by Gasteiger charge is -2.16. The molecule has 0 bridgehead atoms. The molecule has 150 valence electrons. The number of hydrogen-bond donors (Lipinski definition) is 3. The number of pyridine rings is 1. The monoisotopic (exact) mass is 390 g/mol. The number of ether oxygens (including phenoxy) is 1. The Hall–Kier alpha value is -3.31. The van der Waals surface area contributed by atoms with Crippen molar-refractivity contribution in [1.82, 2.24) is 10.3 Å². The van der Waals surface area contributed by atoms with Crippen LogP contribution in [0.15, 0.2) is 66.9 Å². The highest BCUT2D eigenvalue weighted by Gasteiger charge is 2.14. The van der Waals surface area contributed by atoms with Crippen LogP contribution in [0.25, 0.3) is 11.1 Å². The summed E-state index contributed by atoms with van der Waals surface area (Å²) < 4.78 is 5.74. The van der Waals surface area contributed by atoms with E-state index in [4.69, 9.17) is 4.74 Å². The summed E-state index contributed by atoms with van der Waals surface area (Å²) in [4.78, 5) is 4.42. The Morgan fingerprint density at radius 1 is 0.897 bits per heavy atom. The van der Waals surface area contributed by atoms with E-state index in [0.717, 1.165) is 46.7 Å². The Kier molecular flexibility index (Phi) is 6.87. The van der Waals surface area contributed by atoms with Gasteiger partial charge in [0.25, 0.3) is 0 Å². The summed E-state index contributed by atoms with van der Waals surface area (Å²) in [7, 11) is 1.89. The quantitative estimate of drug-likeness (QED) is 0.495. The van der Waals surface area contributed by atoms with Gasteiger partial charge in [0.05, 0.1) is 11.9 Å². The van der Waals surface area contributed by atoms with Crippen molar-refractivity contribution < 1.29 is 14.9 Å². The Bertz CT molecular complexity index is 947. The summed E-state index contributed by atoms with van der Waals surface area (Å²) in [5.41, 5.74) is 4.91. The molecule has 0 radical (unpaired) electrons. The minimum Gasteiger partial charge on any atom is -0.508 e. The number of nitrogens with one attached hydrogen (secondary N) is 1. The topological polar surface area (TPSA) is 74.6 Å². The number of hydrogen-bond acceptors (Lipinski definition) is 5. The van der Waals surface area contributed by atoms with Gasteiger partial charge >= 0.3 is 0 Å². The maximum Gasteiger partial charge on any atom is 0.133 e. The average molecular weight is 390 g/mol. The van der Waals surface area contributed by atoms with E-state index in [1.165, 1.54) is 6.20 Å². The van der Waals surface area contributed by atoms with Crippen molar-refractivity contribution in [3.8, 4) is 17.2 Å². The van der Waals surface area contributed by atoms with E-state index in [9.17, 15) is 10.2 Å². The van der Waals surface area contributed by atoms with Gasteiger partial charge in [-0.3, -0.25) is 4.98 Å². The van der Waals surface area contributed by atoms with Crippen LogP contribution < -0.4 is 10.1 Å². The molecular formula is C24H26N2O3. The van der Waals surface area contributed by atoms with Gasteiger partial charge in [-0.25, -0.2) is 0 Å². The average Bonchev–Trinajstić information content (AvgIpc) is 2.75. The summed E-state index contributed by atoms with van der Waals surface area (Å²) in [6, 6.07) is 18.6. The number of nitrogens with zero attached hydrogens (tertiary/aromatic N) is 1. The molecule has 0 aliphatic carbocycles. The molecule has 0 fully saturated rings. The van der Waals surface area contributed by atoms with Gasteiger partial charge in [-0.1, -0.05) is 31.2 Å². The molecule has 1 heterocycles. The molecule has 0 saturated heterocycles. The van der Waals surface area contributed by atoms with Crippen molar-refractivity contribution in [3.63, 3.8) is 0 Å². The molecule has 3 aromatic rings. The molecule has 5 heteroatoms. The van der Waals surface area contributed by atoms with Crippen molar-refractivity contribution in [2.45, 2.75) is 13.3 Å². The van der Waals surface area contributed by atoms with E-state index in [0.29, 0.717) is 6.61 Å². The van der Waals surface area contributed by atoms with Crippen LogP contribution in [0.4, 0.5) is 0 Å². The summed E-state index contributed by atoms with van der Waals surface area (Å²) >= 11 is 0. The van der Waals surface area contributed by atoms with E-state index >= 15 is 0 Å². The molecule has 29 heavy (non-hydrogen) atoms. The first kappa shape index (κ1) is 20.4. The normalized spacial score (nSPS) is 11.8. The minimum absolute atomic E-state index is 0.137. The van der Waals surface area contributed by atoms with E-state index in [2.05, 4.69) is 17.2 Å². The summed E-state index contributed by atoms with van der Waals surface area (Å²) in [6.07, 6.45) is 2.21. The van der Waals surface area contributed by atoms with Gasteiger partial charge < -0.3 is 20.3 Å². The van der Waals surface area contributed by atoms with Crippen LogP contribution in [0.3, 0.4) is 0 Å². The fourth-order valence-electron chi connectivity index (χ4n) is 3.18. The van der Waals surface area contributed by atoms with Crippen molar-refractivity contribution >= 4 is 11.1 Å². The standard InChI is InChI=1S/C24H26N2O3/c1-3-22(23-13-10-20(28)16-26-23)24(17-4-8-19(27)9-5-17)18-6-11-21(12-7-18)29-15-14-25-2/h4-13,16,25,27-28H,3,14-15H2,1-2H3. The molecule has 0 saturated carbocycles. The van der Waals surface area contributed by atoms with Crippen LogP contribution in [0, 0.1) is 0 Å². The minimum atomic E-state index is 0.137. The number of aromatic nitrogens is 1. The molecule has 0 aliphatic rings. The van der Waals surface area contributed by atoms with Gasteiger partial charge in [-0.05, 0) is 72.1 Å². The second-order valence-corrected chi connectivity index (χ2v) is 6.63. The Morgan fingerprint density at radius 2 is 1.52 bits per heavy atom. The van der Waals surface area contributed by atoms with Gasteiger partial charge in [0.15, 0.2) is 0 Å². The van der Waals surface area contributed by atoms with E-state index < -0.39 is 0 Å². The molecule has 3 rings (SSSR count). The van der Waals surface area contributed by atoms with Crippen molar-refractivity contribution in [2.24, 2.45) is 0 Å². The third-order valence-electron chi connectivity index (χ3n) is 4.63. The number of allylic oxidation sites excluding steroid dienone is 1. The smallest absolute Gasteiger partial charge is 0.133 e. The summed E-state index contributed by atoms with van der Waals surface area (Å²) in [5.74, 6) is 1.18. The zero-order chi connectivity index (χ0) is 20.6. The second-order valence-electron chi connectivity index (χ2n) is 6.63. The first-order valence-corrected chi connectivity index (χ1v) is 9.68. The molecule has 0 atom stereocenters. The number of phenols is 1. The lowest BCUT2D eigenvalue weighted by molar-refractivity contribution is 0.318. The van der Waals surface area contributed by atoms with Crippen LogP contribution in [-0.4, -0.2) is 35.4 Å². The first-order valence-electron chi connectivity index (χ1n) is 9.68. The summed E-state index contributed by atoms with van der Waals surface area (Å²) in [5, 5.41) is 22.4. The molecule has 5 nitrogen and oxygen atoms in total. The predicted octanol–water partition coefficient (Wildman–Crippen LogP) is 4.46. The zero-order valence-corrected chi connectivity index (χ0v) is 16.7. The largest absolute Gasteiger partial charge is 0.508 e. The number of benzene rings is 2. The lowest BCUT2D eigenvalue weighted by Crippen LogP contribution is -2.15. The third kappa shape index (κ3) is 5.15. The Morgan fingerprint density at radius 3 is 2.07 bits per heavy atom. The fraction of sp³-hybridized carbons (Fsp3) is 0.208. The van der Waals surface area contributed by atoms with E-state index in [1.807, 2.05) is 49.5 Å². The maximum absolute atomic E-state index is 9.71. The van der Waals surface area contributed by atoms with Gasteiger partial charge in [0, 0.05) is 6.54 Å². The van der Waals surface area contributed by atoms with E-state index in [-0.39, 0.29) is 11.5 Å². The molecule has 0 aliphatic heterocycles. The predicted molar refractivity (Wildman–Crippen MR) is 116 cm³/mol. The molecular weight excluding hydrogens is 364 g/mol. The van der Waals surface area contributed by atoms with Gasteiger partial charge in [-0.2, -0.15) is 0 Å². The molecule has 3 N–H and O–H groups in total. The van der Waals surface area contributed by atoms with Crippen LogP contribution >= 0.6 is 0 Å². The second kappa shape index (κ2) is 9.75. The third-order valence-corrected chi connectivity index (χ3v) is 4.63. The van der Waals surface area contributed by atoms with Crippen LogP contribution in [0.1, 0.15) is 30.2 Å². The molecule has 0 unspecified atom stereocenters. The molecule has 1 aromatic heterocycles. The highest BCUT2D eigenvalue weighted by Crippen LogP contribution is 2.35. The Labute approximate surface area is 171 Å². The maximum atomic E-state index is 9.71. The van der Waals surface area contributed by atoms with E-state index in [1.54, 1.807) is 18.2 Å². The van der Waals surface area contributed by atoms with Crippen molar-refractivity contribution in [3.05, 3.63) is 83.7 Å². The van der Waals surface area contributed by atoms with Crippen molar-refractivity contribution in [1.29, 1.82) is 0 Å². The molecule has 2 aromatic carbocycles.